The molecule has 1 N–H and O–H groups in total. The number of hydrogen-bond donors (Lipinski definition) is 1. The van der Waals surface area contributed by atoms with Crippen LogP contribution in [0.2, 0.25) is 0 Å². The minimum Gasteiger partial charge on any atom is -0.469 e. The molecule has 2 rings (SSSR count). The van der Waals surface area contributed by atoms with Crippen LogP contribution in [0.15, 0.2) is 16.7 Å². The molecular formula is C14H21NO2. The first-order valence-electron chi connectivity index (χ1n) is 6.35. The average Bonchev–Trinajstić information content (AvgIpc) is 2.75. The number of amides is 1. The minimum absolute atomic E-state index is 0.0894. The largest absolute Gasteiger partial charge is 0.469 e. The Morgan fingerprint density at radius 2 is 2.29 bits per heavy atom. The van der Waals surface area contributed by atoms with Crippen LogP contribution in [-0.4, -0.2) is 11.4 Å². The highest BCUT2D eigenvalue weighted by Crippen LogP contribution is 2.32. The summed E-state index contributed by atoms with van der Waals surface area (Å²) < 4.78 is 5.52. The first-order valence-corrected chi connectivity index (χ1v) is 6.35. The number of aryl methyl sites for hydroxylation is 1. The molecule has 3 nitrogen and oxygen atoms in total. The fraction of sp³-hybridized carbons (Fsp3) is 0.643. The van der Waals surface area contributed by atoms with Crippen LogP contribution >= 0.6 is 0 Å². The van der Waals surface area contributed by atoms with E-state index in [1.807, 2.05) is 6.07 Å². The zero-order valence-corrected chi connectivity index (χ0v) is 10.9. The molecule has 1 aliphatic heterocycles. The molecule has 0 spiro atoms. The van der Waals surface area contributed by atoms with Crippen molar-refractivity contribution in [2.75, 3.05) is 0 Å². The molecule has 17 heavy (non-hydrogen) atoms. The fourth-order valence-electron chi connectivity index (χ4n) is 2.81. The highest BCUT2D eigenvalue weighted by Gasteiger charge is 2.39. The molecule has 1 saturated heterocycles. The van der Waals surface area contributed by atoms with Crippen molar-refractivity contribution in [2.45, 2.75) is 52.0 Å². The van der Waals surface area contributed by atoms with E-state index in [0.29, 0.717) is 12.3 Å². The second kappa shape index (κ2) is 4.55. The minimum atomic E-state index is -0.0894. The maximum atomic E-state index is 11.5. The summed E-state index contributed by atoms with van der Waals surface area (Å²) in [4.78, 5) is 11.5. The zero-order chi connectivity index (χ0) is 12.5. The van der Waals surface area contributed by atoms with Crippen LogP contribution in [0.1, 0.15) is 44.4 Å². The van der Waals surface area contributed by atoms with Crippen molar-refractivity contribution < 1.29 is 9.21 Å². The van der Waals surface area contributed by atoms with Gasteiger partial charge in [-0.3, -0.25) is 4.79 Å². The van der Waals surface area contributed by atoms with Gasteiger partial charge in [0.05, 0.1) is 6.26 Å². The third-order valence-corrected chi connectivity index (χ3v) is 3.50. The zero-order valence-electron chi connectivity index (χ0n) is 10.9. The van der Waals surface area contributed by atoms with Crippen LogP contribution in [0.5, 0.6) is 0 Å². The molecule has 1 unspecified atom stereocenters. The highest BCUT2D eigenvalue weighted by atomic mass is 16.3. The number of rotatable bonds is 4. The first-order chi connectivity index (χ1) is 8.01. The van der Waals surface area contributed by atoms with Gasteiger partial charge in [-0.1, -0.05) is 13.8 Å². The number of furan rings is 1. The second-order valence-electron chi connectivity index (χ2n) is 5.63. The molecule has 1 atom stereocenters. The smallest absolute Gasteiger partial charge is 0.220 e. The predicted octanol–water partition coefficient (Wildman–Crippen LogP) is 2.83. The monoisotopic (exact) mass is 235 g/mol. The quantitative estimate of drug-likeness (QED) is 0.872. The lowest BCUT2D eigenvalue weighted by Gasteiger charge is -2.30. The molecule has 1 aromatic heterocycles. The Balaban J connectivity index is 2.17. The summed E-state index contributed by atoms with van der Waals surface area (Å²) >= 11 is 0. The van der Waals surface area contributed by atoms with E-state index >= 15 is 0 Å². The molecule has 0 aliphatic carbocycles. The Morgan fingerprint density at radius 1 is 1.53 bits per heavy atom. The predicted molar refractivity (Wildman–Crippen MR) is 66.7 cm³/mol. The van der Waals surface area contributed by atoms with E-state index in [0.717, 1.165) is 25.0 Å². The molecule has 3 heteroatoms. The highest BCUT2D eigenvalue weighted by molar-refractivity contribution is 5.79. The van der Waals surface area contributed by atoms with Gasteiger partial charge >= 0.3 is 0 Å². The van der Waals surface area contributed by atoms with E-state index < -0.39 is 0 Å². The molecule has 0 aromatic carbocycles. The van der Waals surface area contributed by atoms with Gasteiger partial charge in [0.1, 0.15) is 5.76 Å². The normalized spacial score (nSPS) is 24.4. The van der Waals surface area contributed by atoms with E-state index in [1.165, 1.54) is 5.56 Å². The second-order valence-corrected chi connectivity index (χ2v) is 5.63. The molecule has 2 heterocycles. The molecule has 0 radical (unpaired) electrons. The lowest BCUT2D eigenvalue weighted by atomic mass is 9.83. The van der Waals surface area contributed by atoms with Crippen molar-refractivity contribution in [2.24, 2.45) is 5.92 Å². The summed E-state index contributed by atoms with van der Waals surface area (Å²) in [7, 11) is 0. The lowest BCUT2D eigenvalue weighted by Crippen LogP contribution is -2.44. The molecule has 94 valence electrons. The Morgan fingerprint density at radius 3 is 2.76 bits per heavy atom. The standard InChI is InChI=1S/C14H21NO2/c1-10(2)8-14(6-4-13(16)15-14)9-12-11(3)5-7-17-12/h5,7,10H,4,6,8-9H2,1-3H3,(H,15,16). The number of carbonyl (C=O) groups is 1. The lowest BCUT2D eigenvalue weighted by molar-refractivity contribution is -0.119. The average molecular weight is 235 g/mol. The van der Waals surface area contributed by atoms with Crippen LogP contribution in [0, 0.1) is 12.8 Å². The molecule has 0 bridgehead atoms. The van der Waals surface area contributed by atoms with Gasteiger partial charge in [-0.2, -0.15) is 0 Å². The molecule has 1 aliphatic rings. The molecular weight excluding hydrogens is 214 g/mol. The van der Waals surface area contributed by atoms with Crippen LogP contribution in [0.25, 0.3) is 0 Å². The van der Waals surface area contributed by atoms with Gasteiger partial charge in [0.2, 0.25) is 5.91 Å². The third-order valence-electron chi connectivity index (χ3n) is 3.50. The summed E-state index contributed by atoms with van der Waals surface area (Å²) in [5, 5.41) is 3.17. The Kier molecular flexibility index (Phi) is 3.27. The summed E-state index contributed by atoms with van der Waals surface area (Å²) in [6, 6.07) is 1.98. The molecule has 1 amide bonds. The van der Waals surface area contributed by atoms with Gasteiger partial charge in [0.15, 0.2) is 0 Å². The van der Waals surface area contributed by atoms with E-state index in [1.54, 1.807) is 6.26 Å². The van der Waals surface area contributed by atoms with Gasteiger partial charge in [-0.15, -0.1) is 0 Å². The summed E-state index contributed by atoms with van der Waals surface area (Å²) in [6.07, 6.45) is 5.12. The van der Waals surface area contributed by atoms with Crippen molar-refractivity contribution in [3.05, 3.63) is 23.7 Å². The Hall–Kier alpha value is -1.25. The van der Waals surface area contributed by atoms with Crippen LogP contribution in [0.4, 0.5) is 0 Å². The van der Waals surface area contributed by atoms with Crippen LogP contribution in [-0.2, 0) is 11.2 Å². The van der Waals surface area contributed by atoms with Crippen molar-refractivity contribution in [1.82, 2.24) is 5.32 Å². The molecule has 1 aromatic rings. The van der Waals surface area contributed by atoms with Gasteiger partial charge in [-0.25, -0.2) is 0 Å². The maximum absolute atomic E-state index is 11.5. The van der Waals surface area contributed by atoms with Crippen molar-refractivity contribution in [3.63, 3.8) is 0 Å². The third kappa shape index (κ3) is 2.71. The van der Waals surface area contributed by atoms with Gasteiger partial charge in [-0.05, 0) is 37.3 Å². The number of hydrogen-bond acceptors (Lipinski definition) is 2. The maximum Gasteiger partial charge on any atom is 0.220 e. The van der Waals surface area contributed by atoms with Crippen molar-refractivity contribution >= 4 is 5.91 Å². The SMILES string of the molecule is Cc1ccoc1CC1(CC(C)C)CCC(=O)N1. The Labute approximate surface area is 103 Å². The van der Waals surface area contributed by atoms with Crippen molar-refractivity contribution in [1.29, 1.82) is 0 Å². The van der Waals surface area contributed by atoms with Gasteiger partial charge < -0.3 is 9.73 Å². The summed E-state index contributed by atoms with van der Waals surface area (Å²) in [5.41, 5.74) is 1.09. The number of carbonyl (C=O) groups excluding carboxylic acids is 1. The van der Waals surface area contributed by atoms with Crippen LogP contribution in [0.3, 0.4) is 0 Å². The molecule has 0 saturated carbocycles. The van der Waals surface area contributed by atoms with Crippen molar-refractivity contribution in [3.8, 4) is 0 Å². The van der Waals surface area contributed by atoms with Gasteiger partial charge in [0.25, 0.3) is 0 Å². The van der Waals surface area contributed by atoms with E-state index in [4.69, 9.17) is 4.42 Å². The molecule has 1 fully saturated rings. The number of nitrogens with one attached hydrogen (secondary N) is 1. The Bertz CT molecular complexity index is 408. The van der Waals surface area contributed by atoms with Gasteiger partial charge in [0, 0.05) is 18.4 Å². The topological polar surface area (TPSA) is 42.2 Å². The van der Waals surface area contributed by atoms with E-state index in [-0.39, 0.29) is 11.4 Å². The summed E-state index contributed by atoms with van der Waals surface area (Å²) in [6.45, 7) is 6.45. The first kappa shape index (κ1) is 12.2. The summed E-state index contributed by atoms with van der Waals surface area (Å²) in [5.74, 6) is 1.76. The van der Waals surface area contributed by atoms with Crippen LogP contribution < -0.4 is 5.32 Å². The fourth-order valence-corrected chi connectivity index (χ4v) is 2.81. The van der Waals surface area contributed by atoms with E-state index in [2.05, 4.69) is 26.1 Å². The van der Waals surface area contributed by atoms with E-state index in [9.17, 15) is 4.79 Å².